The summed E-state index contributed by atoms with van der Waals surface area (Å²) in [7, 11) is 2.01. The largest absolute Gasteiger partial charge is 0.366 e. The number of carbonyl (C=O) groups excluding carboxylic acids is 1. The maximum absolute atomic E-state index is 11.9. The highest BCUT2D eigenvalue weighted by molar-refractivity contribution is 6.00. The smallest absolute Gasteiger partial charge is 0.250 e. The Morgan fingerprint density at radius 1 is 1.35 bits per heavy atom. The van der Waals surface area contributed by atoms with Gasteiger partial charge in [-0.25, -0.2) is 0 Å². The third kappa shape index (κ3) is 3.06. The summed E-state index contributed by atoms with van der Waals surface area (Å²) in [5.74, 6) is 1.04. The molecule has 1 unspecified atom stereocenters. The lowest BCUT2D eigenvalue weighted by Crippen LogP contribution is -2.49. The van der Waals surface area contributed by atoms with Crippen LogP contribution in [-0.2, 0) is 11.8 Å². The first kappa shape index (κ1) is 16.7. The number of primary amides is 1. The highest BCUT2D eigenvalue weighted by Gasteiger charge is 2.25. The summed E-state index contributed by atoms with van der Waals surface area (Å²) < 4.78 is 2.07. The molecule has 7 heteroatoms. The number of carbonyl (C=O) groups is 1. The molecule has 3 heterocycles. The van der Waals surface area contributed by atoms with Gasteiger partial charge in [0.25, 0.3) is 0 Å². The Hall–Kier alpha value is -2.80. The number of piperidine rings is 1. The number of aliphatic imine (C=N–C) groups is 1. The molecule has 26 heavy (non-hydrogen) atoms. The number of hydrogen-bond donors (Lipinski definition) is 4. The van der Waals surface area contributed by atoms with Crippen molar-refractivity contribution in [1.29, 1.82) is 0 Å². The third-order valence-corrected chi connectivity index (χ3v) is 5.09. The van der Waals surface area contributed by atoms with Gasteiger partial charge < -0.3 is 26.3 Å². The number of nitrogens with two attached hydrogens (primary N) is 1. The van der Waals surface area contributed by atoms with Crippen LogP contribution >= 0.6 is 0 Å². The van der Waals surface area contributed by atoms with E-state index in [1.54, 1.807) is 0 Å². The van der Waals surface area contributed by atoms with Crippen molar-refractivity contribution in [2.24, 2.45) is 17.8 Å². The number of nitrogens with zero attached hydrogens (tertiary/aromatic N) is 2. The van der Waals surface area contributed by atoms with Gasteiger partial charge in [0, 0.05) is 29.8 Å². The van der Waals surface area contributed by atoms with Crippen molar-refractivity contribution in [2.45, 2.75) is 25.3 Å². The number of aromatic nitrogens is 1. The fourth-order valence-corrected chi connectivity index (χ4v) is 3.62. The molecule has 0 saturated carbocycles. The van der Waals surface area contributed by atoms with E-state index < -0.39 is 5.91 Å². The first-order valence-corrected chi connectivity index (χ1v) is 9.02. The molecular weight excluding hydrogens is 328 g/mol. The van der Waals surface area contributed by atoms with Gasteiger partial charge in [0.15, 0.2) is 0 Å². The summed E-state index contributed by atoms with van der Waals surface area (Å²) in [5, 5.41) is 11.3. The van der Waals surface area contributed by atoms with Crippen molar-refractivity contribution in [3.05, 3.63) is 41.9 Å². The van der Waals surface area contributed by atoms with Gasteiger partial charge in [-0.05, 0) is 37.6 Å². The van der Waals surface area contributed by atoms with Crippen LogP contribution in [0.2, 0.25) is 0 Å². The molecule has 1 fully saturated rings. The van der Waals surface area contributed by atoms with Gasteiger partial charge in [0.2, 0.25) is 5.91 Å². The highest BCUT2D eigenvalue weighted by atomic mass is 16.1. The summed E-state index contributed by atoms with van der Waals surface area (Å²) in [4.78, 5) is 16.5. The summed E-state index contributed by atoms with van der Waals surface area (Å²) >= 11 is 0. The molecule has 7 nitrogen and oxygen atoms in total. The molecular formula is C19H24N6O. The fraction of sp³-hybridized carbons (Fsp3) is 0.368. The quantitative estimate of drug-likeness (QED) is 0.669. The van der Waals surface area contributed by atoms with Crippen molar-refractivity contribution in [3.8, 4) is 0 Å². The summed E-state index contributed by atoms with van der Waals surface area (Å²) in [5.41, 5.74) is 8.11. The van der Waals surface area contributed by atoms with Crippen LogP contribution in [0.15, 0.2) is 46.8 Å². The van der Waals surface area contributed by atoms with Gasteiger partial charge >= 0.3 is 0 Å². The van der Waals surface area contributed by atoms with Crippen LogP contribution in [0, 0.1) is 0 Å². The number of amidine groups is 1. The van der Waals surface area contributed by atoms with Crippen LogP contribution in [-0.4, -0.2) is 35.4 Å². The second kappa shape index (κ2) is 6.84. The molecule has 5 N–H and O–H groups in total. The van der Waals surface area contributed by atoms with Gasteiger partial charge in [-0.1, -0.05) is 12.5 Å². The van der Waals surface area contributed by atoms with Crippen molar-refractivity contribution >= 4 is 28.3 Å². The van der Waals surface area contributed by atoms with E-state index in [0.717, 1.165) is 35.4 Å². The van der Waals surface area contributed by atoms with Gasteiger partial charge in [0.1, 0.15) is 11.7 Å². The summed E-state index contributed by atoms with van der Waals surface area (Å²) in [6.07, 6.45) is 5.43. The van der Waals surface area contributed by atoms with Crippen molar-refractivity contribution in [3.63, 3.8) is 0 Å². The first-order chi connectivity index (χ1) is 12.6. The zero-order valence-electron chi connectivity index (χ0n) is 14.9. The summed E-state index contributed by atoms with van der Waals surface area (Å²) in [6, 6.07) is 8.32. The number of anilines is 1. The normalized spacial score (nSPS) is 20.7. The zero-order valence-corrected chi connectivity index (χ0v) is 14.9. The monoisotopic (exact) mass is 352 g/mol. The number of aryl methyl sites for hydroxylation is 1. The topological polar surface area (TPSA) is 96.5 Å². The molecule has 0 aliphatic carbocycles. The van der Waals surface area contributed by atoms with Gasteiger partial charge in [0.05, 0.1) is 18.2 Å². The lowest BCUT2D eigenvalue weighted by atomic mass is 10.0. The Balaban J connectivity index is 1.63. The maximum atomic E-state index is 11.9. The van der Waals surface area contributed by atoms with Gasteiger partial charge in [-0.15, -0.1) is 0 Å². The van der Waals surface area contributed by atoms with E-state index in [1.807, 2.05) is 25.4 Å². The van der Waals surface area contributed by atoms with E-state index in [0.29, 0.717) is 17.9 Å². The lowest BCUT2D eigenvalue weighted by Gasteiger charge is -2.30. The minimum absolute atomic E-state index is 0.197. The minimum atomic E-state index is -0.459. The number of rotatable bonds is 4. The second-order valence-electron chi connectivity index (χ2n) is 6.84. The van der Waals surface area contributed by atoms with Crippen LogP contribution in [0.25, 0.3) is 10.9 Å². The van der Waals surface area contributed by atoms with Crippen LogP contribution in [0.1, 0.15) is 19.3 Å². The molecule has 2 aromatic rings. The number of hydrogen-bond acceptors (Lipinski definition) is 5. The van der Waals surface area contributed by atoms with Crippen molar-refractivity contribution < 1.29 is 4.79 Å². The van der Waals surface area contributed by atoms with Crippen LogP contribution in [0.3, 0.4) is 0 Å². The number of amides is 1. The van der Waals surface area contributed by atoms with E-state index in [1.165, 1.54) is 12.8 Å². The van der Waals surface area contributed by atoms with E-state index in [2.05, 4.69) is 37.6 Å². The van der Waals surface area contributed by atoms with Crippen molar-refractivity contribution in [2.75, 3.05) is 18.4 Å². The molecule has 4 rings (SSSR count). The zero-order chi connectivity index (χ0) is 18.1. The van der Waals surface area contributed by atoms with Crippen LogP contribution in [0.4, 0.5) is 5.69 Å². The fourth-order valence-electron chi connectivity index (χ4n) is 3.62. The predicted octanol–water partition coefficient (Wildman–Crippen LogP) is 1.43. The Morgan fingerprint density at radius 3 is 3.00 bits per heavy atom. The molecule has 1 atom stereocenters. The average molecular weight is 352 g/mol. The maximum Gasteiger partial charge on any atom is 0.250 e. The number of benzene rings is 1. The molecule has 1 aromatic heterocycles. The molecule has 1 aromatic carbocycles. The molecule has 1 amide bonds. The molecule has 1 saturated heterocycles. The summed E-state index contributed by atoms with van der Waals surface area (Å²) in [6.45, 7) is 1.28. The molecule has 0 bridgehead atoms. The Labute approximate surface area is 152 Å². The first-order valence-electron chi connectivity index (χ1n) is 9.02. The van der Waals surface area contributed by atoms with E-state index in [4.69, 9.17) is 5.73 Å². The SMILES string of the molecule is Cn1ccc2c(NC3=C(C(N)=O)CN=C(C4CCCCN4)N3)cccc21. The standard InChI is InChI=1S/C19H24N6O/c1-25-10-8-12-14(6-4-7-16(12)25)23-18-13(17(20)26)11-22-19(24-18)15-5-2-3-9-21-15/h4,6-8,10,15,21,23H,2-3,5,9,11H2,1H3,(H2,20,26)(H,22,24). The third-order valence-electron chi connectivity index (χ3n) is 5.09. The number of nitrogens with one attached hydrogen (secondary N) is 3. The van der Waals surface area contributed by atoms with E-state index in [-0.39, 0.29) is 6.04 Å². The molecule has 136 valence electrons. The van der Waals surface area contributed by atoms with Crippen LogP contribution in [0.5, 0.6) is 0 Å². The second-order valence-corrected chi connectivity index (χ2v) is 6.84. The van der Waals surface area contributed by atoms with Gasteiger partial charge in [-0.3, -0.25) is 9.79 Å². The molecule has 2 aliphatic rings. The Bertz CT molecular complexity index is 904. The Morgan fingerprint density at radius 2 is 2.23 bits per heavy atom. The average Bonchev–Trinajstić information content (AvgIpc) is 3.04. The minimum Gasteiger partial charge on any atom is -0.366 e. The Kier molecular flexibility index (Phi) is 4.38. The lowest BCUT2D eigenvalue weighted by molar-refractivity contribution is -0.114. The molecule has 0 spiro atoms. The molecule has 0 radical (unpaired) electrons. The highest BCUT2D eigenvalue weighted by Crippen LogP contribution is 2.26. The van der Waals surface area contributed by atoms with Crippen molar-refractivity contribution in [1.82, 2.24) is 15.2 Å². The molecule has 2 aliphatic heterocycles. The predicted molar refractivity (Wildman–Crippen MR) is 104 cm³/mol. The van der Waals surface area contributed by atoms with Crippen LogP contribution < -0.4 is 21.7 Å². The van der Waals surface area contributed by atoms with E-state index >= 15 is 0 Å². The number of fused-ring (bicyclic) bond motifs is 1. The van der Waals surface area contributed by atoms with E-state index in [9.17, 15) is 4.79 Å². The van der Waals surface area contributed by atoms with Gasteiger partial charge in [-0.2, -0.15) is 0 Å².